The summed E-state index contributed by atoms with van der Waals surface area (Å²) in [5.41, 5.74) is 2.08. The molecule has 2 fully saturated rings. The van der Waals surface area contributed by atoms with Crippen LogP contribution in [0, 0.1) is 13.8 Å². The summed E-state index contributed by atoms with van der Waals surface area (Å²) < 4.78 is 25.3. The molecule has 0 bridgehead atoms. The predicted octanol–water partition coefficient (Wildman–Crippen LogP) is 2.70. The number of hydrogen-bond donors (Lipinski definition) is 1. The van der Waals surface area contributed by atoms with Gasteiger partial charge in [0.2, 0.25) is 0 Å². The monoisotopic (exact) mass is 367 g/mol. The van der Waals surface area contributed by atoms with Crippen LogP contribution in [-0.2, 0) is 9.84 Å². The zero-order chi connectivity index (χ0) is 18.0. The van der Waals surface area contributed by atoms with Gasteiger partial charge in [0.05, 0.1) is 28.8 Å². The third-order valence-electron chi connectivity index (χ3n) is 5.55. The first kappa shape index (κ1) is 18.4. The first-order valence-corrected chi connectivity index (χ1v) is 11.3. The number of aromatic nitrogens is 2. The second-order valence-electron chi connectivity index (χ2n) is 7.56. The Morgan fingerprint density at radius 2 is 1.72 bits per heavy atom. The number of carbonyl (C=O) groups is 1. The fraction of sp³-hybridized carbons (Fsp3) is 0.778. The highest BCUT2D eigenvalue weighted by molar-refractivity contribution is 7.91. The number of nitrogens with zero attached hydrogens (tertiary/aromatic N) is 2. The van der Waals surface area contributed by atoms with Crippen molar-refractivity contribution in [3.05, 3.63) is 17.0 Å². The van der Waals surface area contributed by atoms with E-state index >= 15 is 0 Å². The van der Waals surface area contributed by atoms with Crippen molar-refractivity contribution < 1.29 is 13.2 Å². The van der Waals surface area contributed by atoms with E-state index in [1.54, 1.807) is 4.68 Å². The molecule has 0 radical (unpaired) electrons. The van der Waals surface area contributed by atoms with Crippen LogP contribution in [0.2, 0.25) is 0 Å². The Bertz CT molecular complexity index is 731. The van der Waals surface area contributed by atoms with E-state index in [0.717, 1.165) is 18.5 Å². The molecule has 2 heterocycles. The van der Waals surface area contributed by atoms with Crippen LogP contribution in [0.3, 0.4) is 0 Å². The molecular formula is C18H29N3O3S. The van der Waals surface area contributed by atoms with Crippen LogP contribution in [0.1, 0.15) is 79.2 Å². The third kappa shape index (κ3) is 4.25. The minimum atomic E-state index is -2.98. The number of sulfone groups is 1. The Balaban J connectivity index is 1.74. The van der Waals surface area contributed by atoms with Gasteiger partial charge in [0.1, 0.15) is 0 Å². The normalized spacial score (nSPS) is 24.6. The molecule has 1 atom stereocenters. The van der Waals surface area contributed by atoms with Crippen LogP contribution in [0.15, 0.2) is 0 Å². The summed E-state index contributed by atoms with van der Waals surface area (Å²) in [5, 5.41) is 7.69. The molecule has 7 heteroatoms. The molecule has 1 N–H and O–H groups in total. The number of rotatable bonds is 3. The lowest BCUT2D eigenvalue weighted by Crippen LogP contribution is -2.35. The first-order valence-electron chi connectivity index (χ1n) is 9.44. The zero-order valence-electron chi connectivity index (χ0n) is 15.3. The molecule has 1 aromatic rings. The summed E-state index contributed by atoms with van der Waals surface area (Å²) in [7, 11) is -2.98. The van der Waals surface area contributed by atoms with Gasteiger partial charge >= 0.3 is 0 Å². The second kappa shape index (κ2) is 7.48. The Kier molecular flexibility index (Phi) is 5.51. The Labute approximate surface area is 150 Å². The summed E-state index contributed by atoms with van der Waals surface area (Å²) in [6, 6.07) is 0.0912. The summed E-state index contributed by atoms with van der Waals surface area (Å²) in [5.74, 6) is 0.269. The Morgan fingerprint density at radius 1 is 1.08 bits per heavy atom. The number of amides is 1. The highest BCUT2D eigenvalue weighted by Crippen LogP contribution is 2.27. The number of hydrogen-bond acceptors (Lipinski definition) is 4. The van der Waals surface area contributed by atoms with E-state index in [1.165, 1.54) is 32.1 Å². The van der Waals surface area contributed by atoms with Crippen LogP contribution >= 0.6 is 0 Å². The maximum Gasteiger partial charge on any atom is 0.255 e. The average Bonchev–Trinajstić information content (AvgIpc) is 3.01. The molecule has 1 saturated carbocycles. The van der Waals surface area contributed by atoms with E-state index in [-0.39, 0.29) is 29.5 Å². The smallest absolute Gasteiger partial charge is 0.255 e. The van der Waals surface area contributed by atoms with E-state index < -0.39 is 9.84 Å². The minimum Gasteiger partial charge on any atom is -0.349 e. The molecule has 1 unspecified atom stereocenters. The number of nitrogens with one attached hydrogen (secondary N) is 1. The van der Waals surface area contributed by atoms with Crippen LogP contribution in [0.5, 0.6) is 0 Å². The molecular weight excluding hydrogens is 338 g/mol. The molecule has 3 rings (SSSR count). The topological polar surface area (TPSA) is 81.1 Å². The fourth-order valence-corrected chi connectivity index (χ4v) is 5.87. The first-order chi connectivity index (χ1) is 11.9. The third-order valence-corrected chi connectivity index (χ3v) is 7.30. The lowest BCUT2D eigenvalue weighted by atomic mass is 9.96. The minimum absolute atomic E-state index is 0.0623. The quantitative estimate of drug-likeness (QED) is 0.890. The molecule has 2 aliphatic rings. The maximum absolute atomic E-state index is 12.8. The molecule has 1 aliphatic carbocycles. The number of aryl methyl sites for hydroxylation is 1. The molecule has 1 amide bonds. The van der Waals surface area contributed by atoms with Crippen molar-refractivity contribution in [2.75, 3.05) is 11.5 Å². The predicted molar refractivity (Wildman–Crippen MR) is 97.6 cm³/mol. The highest BCUT2D eigenvalue weighted by atomic mass is 32.2. The Morgan fingerprint density at radius 3 is 2.32 bits per heavy atom. The van der Waals surface area contributed by atoms with Crippen LogP contribution in [-0.4, -0.2) is 41.7 Å². The van der Waals surface area contributed by atoms with Crippen LogP contribution in [0.4, 0.5) is 0 Å². The Hall–Kier alpha value is -1.37. The van der Waals surface area contributed by atoms with Crippen molar-refractivity contribution in [1.82, 2.24) is 15.1 Å². The average molecular weight is 368 g/mol. The maximum atomic E-state index is 12.8. The molecule has 1 saturated heterocycles. The van der Waals surface area contributed by atoms with Gasteiger partial charge < -0.3 is 5.32 Å². The van der Waals surface area contributed by atoms with Gasteiger partial charge in [0.25, 0.3) is 5.91 Å². The largest absolute Gasteiger partial charge is 0.349 e. The van der Waals surface area contributed by atoms with Gasteiger partial charge in [0.15, 0.2) is 9.84 Å². The SMILES string of the molecule is Cc1nn(C2CCS(=O)(=O)C2)c(C)c1C(=O)NC1CCCCCCC1. The van der Waals surface area contributed by atoms with Crippen molar-refractivity contribution in [3.8, 4) is 0 Å². The van der Waals surface area contributed by atoms with E-state index in [9.17, 15) is 13.2 Å². The summed E-state index contributed by atoms with van der Waals surface area (Å²) >= 11 is 0. The summed E-state index contributed by atoms with van der Waals surface area (Å²) in [4.78, 5) is 12.8. The van der Waals surface area contributed by atoms with Crippen molar-refractivity contribution in [2.45, 2.75) is 77.3 Å². The van der Waals surface area contributed by atoms with Crippen molar-refractivity contribution in [2.24, 2.45) is 0 Å². The van der Waals surface area contributed by atoms with E-state index in [4.69, 9.17) is 0 Å². The van der Waals surface area contributed by atoms with Gasteiger partial charge in [0, 0.05) is 11.7 Å². The molecule has 6 nitrogen and oxygen atoms in total. The second-order valence-corrected chi connectivity index (χ2v) is 9.79. The zero-order valence-corrected chi connectivity index (χ0v) is 16.1. The van der Waals surface area contributed by atoms with Gasteiger partial charge in [-0.1, -0.05) is 32.1 Å². The molecule has 0 spiro atoms. The number of carbonyl (C=O) groups excluding carboxylic acids is 1. The molecule has 0 aromatic carbocycles. The lowest BCUT2D eigenvalue weighted by Gasteiger charge is -2.21. The van der Waals surface area contributed by atoms with Crippen molar-refractivity contribution >= 4 is 15.7 Å². The lowest BCUT2D eigenvalue weighted by molar-refractivity contribution is 0.0929. The van der Waals surface area contributed by atoms with Crippen LogP contribution < -0.4 is 5.32 Å². The van der Waals surface area contributed by atoms with E-state index in [1.807, 2.05) is 13.8 Å². The van der Waals surface area contributed by atoms with Gasteiger partial charge in [-0.2, -0.15) is 5.10 Å². The van der Waals surface area contributed by atoms with Gasteiger partial charge in [-0.3, -0.25) is 9.48 Å². The van der Waals surface area contributed by atoms with Crippen LogP contribution in [0.25, 0.3) is 0 Å². The summed E-state index contributed by atoms with van der Waals surface area (Å²) in [6.07, 6.45) is 8.79. The molecule has 1 aromatic heterocycles. The molecule has 25 heavy (non-hydrogen) atoms. The van der Waals surface area contributed by atoms with E-state index in [0.29, 0.717) is 17.7 Å². The molecule has 1 aliphatic heterocycles. The van der Waals surface area contributed by atoms with Crippen molar-refractivity contribution in [3.63, 3.8) is 0 Å². The van der Waals surface area contributed by atoms with Crippen molar-refractivity contribution in [1.29, 1.82) is 0 Å². The van der Waals surface area contributed by atoms with Gasteiger partial charge in [-0.05, 0) is 33.1 Å². The highest BCUT2D eigenvalue weighted by Gasteiger charge is 2.32. The van der Waals surface area contributed by atoms with E-state index in [2.05, 4.69) is 10.4 Å². The standard InChI is InChI=1S/C18H29N3O3S/c1-13-17(18(22)19-15-8-6-4-3-5-7-9-15)14(2)21(20-13)16-10-11-25(23,24)12-16/h15-16H,3-12H2,1-2H3,(H,19,22). The fourth-order valence-electron chi connectivity index (χ4n) is 4.17. The van der Waals surface area contributed by atoms with Gasteiger partial charge in [-0.15, -0.1) is 0 Å². The summed E-state index contributed by atoms with van der Waals surface area (Å²) in [6.45, 7) is 3.71. The molecule has 140 valence electrons. The van der Waals surface area contributed by atoms with Gasteiger partial charge in [-0.25, -0.2) is 8.42 Å².